The van der Waals surface area contributed by atoms with E-state index < -0.39 is 0 Å². The van der Waals surface area contributed by atoms with Gasteiger partial charge in [-0.2, -0.15) is 5.10 Å². The SMILES string of the molecule is Cn1nc(C(=O)NCCOc2ccc3c(c2)OCO3)c2ccccc2c1=O. The van der Waals surface area contributed by atoms with E-state index in [1.165, 1.54) is 11.7 Å². The lowest BCUT2D eigenvalue weighted by molar-refractivity contribution is 0.0941. The maximum atomic E-state index is 12.5. The minimum Gasteiger partial charge on any atom is -0.492 e. The molecule has 1 amide bonds. The van der Waals surface area contributed by atoms with Gasteiger partial charge in [0, 0.05) is 18.5 Å². The Balaban J connectivity index is 1.41. The van der Waals surface area contributed by atoms with Gasteiger partial charge >= 0.3 is 0 Å². The van der Waals surface area contributed by atoms with Crippen molar-refractivity contribution in [2.24, 2.45) is 7.05 Å². The van der Waals surface area contributed by atoms with Gasteiger partial charge in [-0.25, -0.2) is 4.68 Å². The summed E-state index contributed by atoms with van der Waals surface area (Å²) in [5, 5.41) is 7.84. The molecular weight excluding hydrogens is 350 g/mol. The fourth-order valence-corrected chi connectivity index (χ4v) is 2.85. The van der Waals surface area contributed by atoms with Crippen LogP contribution in [0.25, 0.3) is 10.8 Å². The van der Waals surface area contributed by atoms with E-state index in [0.29, 0.717) is 28.0 Å². The van der Waals surface area contributed by atoms with Crippen molar-refractivity contribution >= 4 is 16.7 Å². The van der Waals surface area contributed by atoms with Gasteiger partial charge in [0.1, 0.15) is 12.4 Å². The van der Waals surface area contributed by atoms with Gasteiger partial charge in [-0.3, -0.25) is 9.59 Å². The van der Waals surface area contributed by atoms with Gasteiger partial charge in [0.15, 0.2) is 17.2 Å². The molecule has 4 rings (SSSR count). The van der Waals surface area contributed by atoms with Crippen LogP contribution >= 0.6 is 0 Å². The van der Waals surface area contributed by atoms with Crippen LogP contribution in [-0.4, -0.2) is 35.6 Å². The van der Waals surface area contributed by atoms with Crippen LogP contribution in [0.4, 0.5) is 0 Å². The van der Waals surface area contributed by atoms with E-state index in [1.54, 1.807) is 42.5 Å². The number of nitrogens with zero attached hydrogens (tertiary/aromatic N) is 2. The normalized spacial score (nSPS) is 12.2. The second-order valence-electron chi connectivity index (χ2n) is 5.94. The third-order valence-electron chi connectivity index (χ3n) is 4.17. The van der Waals surface area contributed by atoms with Gasteiger partial charge in [0.2, 0.25) is 6.79 Å². The number of hydrogen-bond donors (Lipinski definition) is 1. The monoisotopic (exact) mass is 367 g/mol. The molecule has 1 aromatic heterocycles. The minimum atomic E-state index is -0.365. The van der Waals surface area contributed by atoms with Gasteiger partial charge in [0.25, 0.3) is 11.5 Å². The summed E-state index contributed by atoms with van der Waals surface area (Å²) in [6.07, 6.45) is 0. The van der Waals surface area contributed by atoms with Crippen LogP contribution < -0.4 is 25.1 Å². The second kappa shape index (κ2) is 6.99. The molecule has 2 heterocycles. The van der Waals surface area contributed by atoms with Crippen LogP contribution in [0, 0.1) is 0 Å². The van der Waals surface area contributed by atoms with Crippen molar-refractivity contribution in [3.05, 3.63) is 58.5 Å². The van der Waals surface area contributed by atoms with E-state index in [0.717, 1.165) is 0 Å². The summed E-state index contributed by atoms with van der Waals surface area (Å²) in [6, 6.07) is 12.2. The van der Waals surface area contributed by atoms with Gasteiger partial charge in [-0.1, -0.05) is 18.2 Å². The summed E-state index contributed by atoms with van der Waals surface area (Å²) in [7, 11) is 1.52. The third-order valence-corrected chi connectivity index (χ3v) is 4.17. The number of carbonyl (C=O) groups excluding carboxylic acids is 1. The number of aryl methyl sites for hydroxylation is 1. The number of benzene rings is 2. The van der Waals surface area contributed by atoms with E-state index in [-0.39, 0.29) is 37.1 Å². The van der Waals surface area contributed by atoms with Crippen molar-refractivity contribution in [1.82, 2.24) is 15.1 Å². The Hall–Kier alpha value is -3.55. The minimum absolute atomic E-state index is 0.204. The van der Waals surface area contributed by atoms with Crippen molar-refractivity contribution in [3.63, 3.8) is 0 Å². The van der Waals surface area contributed by atoms with Crippen LogP contribution in [-0.2, 0) is 7.05 Å². The fourth-order valence-electron chi connectivity index (χ4n) is 2.85. The lowest BCUT2D eigenvalue weighted by atomic mass is 10.1. The second-order valence-corrected chi connectivity index (χ2v) is 5.94. The number of hydrogen-bond acceptors (Lipinski definition) is 6. The number of fused-ring (bicyclic) bond motifs is 2. The quantitative estimate of drug-likeness (QED) is 0.687. The zero-order valence-electron chi connectivity index (χ0n) is 14.6. The number of nitrogens with one attached hydrogen (secondary N) is 1. The summed E-state index contributed by atoms with van der Waals surface area (Å²) >= 11 is 0. The van der Waals surface area contributed by atoms with Crippen molar-refractivity contribution in [1.29, 1.82) is 0 Å². The average molecular weight is 367 g/mol. The summed E-state index contributed by atoms with van der Waals surface area (Å²) in [5.74, 6) is 1.58. The molecule has 0 atom stereocenters. The number of ether oxygens (including phenoxy) is 3. The number of rotatable bonds is 5. The molecule has 0 unspecified atom stereocenters. The van der Waals surface area contributed by atoms with Crippen molar-refractivity contribution < 1.29 is 19.0 Å². The molecule has 0 radical (unpaired) electrons. The van der Waals surface area contributed by atoms with Gasteiger partial charge in [-0.15, -0.1) is 0 Å². The zero-order chi connectivity index (χ0) is 18.8. The zero-order valence-corrected chi connectivity index (χ0v) is 14.6. The van der Waals surface area contributed by atoms with Crippen LogP contribution in [0.3, 0.4) is 0 Å². The summed E-state index contributed by atoms with van der Waals surface area (Å²) < 4.78 is 17.3. The molecule has 2 aromatic carbocycles. The average Bonchev–Trinajstić information content (AvgIpc) is 3.16. The predicted molar refractivity (Wildman–Crippen MR) is 97.4 cm³/mol. The maximum Gasteiger partial charge on any atom is 0.274 e. The number of amides is 1. The van der Waals surface area contributed by atoms with E-state index in [9.17, 15) is 9.59 Å². The summed E-state index contributed by atoms with van der Waals surface area (Å²) in [4.78, 5) is 24.6. The molecule has 1 aliphatic rings. The van der Waals surface area contributed by atoms with E-state index in [2.05, 4.69) is 10.4 Å². The summed E-state index contributed by atoms with van der Waals surface area (Å²) in [6.45, 7) is 0.760. The number of carbonyl (C=O) groups is 1. The first-order valence-electron chi connectivity index (χ1n) is 8.40. The highest BCUT2D eigenvalue weighted by atomic mass is 16.7. The molecule has 0 bridgehead atoms. The number of aromatic nitrogens is 2. The highest BCUT2D eigenvalue weighted by Crippen LogP contribution is 2.34. The lowest BCUT2D eigenvalue weighted by Gasteiger charge is -2.10. The molecule has 0 saturated heterocycles. The first-order chi connectivity index (χ1) is 13.1. The van der Waals surface area contributed by atoms with Crippen molar-refractivity contribution in [2.45, 2.75) is 0 Å². The van der Waals surface area contributed by atoms with Gasteiger partial charge in [-0.05, 0) is 18.2 Å². The molecule has 8 nitrogen and oxygen atoms in total. The Morgan fingerprint density at radius 1 is 1.19 bits per heavy atom. The smallest absolute Gasteiger partial charge is 0.274 e. The van der Waals surface area contributed by atoms with Crippen molar-refractivity contribution in [3.8, 4) is 17.2 Å². The molecular formula is C19H17N3O5. The van der Waals surface area contributed by atoms with Crippen molar-refractivity contribution in [2.75, 3.05) is 19.9 Å². The Labute approximate surface area is 154 Å². The van der Waals surface area contributed by atoms with Crippen LogP contribution in [0.15, 0.2) is 47.3 Å². The Morgan fingerprint density at radius 3 is 2.81 bits per heavy atom. The third kappa shape index (κ3) is 3.29. The molecule has 27 heavy (non-hydrogen) atoms. The molecule has 1 N–H and O–H groups in total. The van der Waals surface area contributed by atoms with Gasteiger partial charge < -0.3 is 19.5 Å². The Kier molecular flexibility index (Phi) is 4.37. The Bertz CT molecular complexity index is 1080. The first-order valence-corrected chi connectivity index (χ1v) is 8.40. The molecule has 0 aliphatic carbocycles. The van der Waals surface area contributed by atoms with Crippen LogP contribution in [0.2, 0.25) is 0 Å². The lowest BCUT2D eigenvalue weighted by Crippen LogP contribution is -2.32. The largest absolute Gasteiger partial charge is 0.492 e. The van der Waals surface area contributed by atoms with Crippen LogP contribution in [0.5, 0.6) is 17.2 Å². The molecule has 0 saturated carbocycles. The van der Waals surface area contributed by atoms with Crippen LogP contribution in [0.1, 0.15) is 10.5 Å². The molecule has 138 valence electrons. The fraction of sp³-hybridized carbons (Fsp3) is 0.211. The maximum absolute atomic E-state index is 12.5. The molecule has 0 spiro atoms. The molecule has 8 heteroatoms. The highest BCUT2D eigenvalue weighted by Gasteiger charge is 2.16. The standard InChI is InChI=1S/C19H17N3O5/c1-22-19(24)14-5-3-2-4-13(14)17(21-22)18(23)20-8-9-25-12-6-7-15-16(10-12)27-11-26-15/h2-7,10H,8-9,11H2,1H3,(H,20,23). The first kappa shape index (κ1) is 16.9. The molecule has 3 aromatic rings. The van der Waals surface area contributed by atoms with E-state index in [4.69, 9.17) is 14.2 Å². The topological polar surface area (TPSA) is 91.7 Å². The van der Waals surface area contributed by atoms with E-state index in [1.807, 2.05) is 0 Å². The molecule has 0 fully saturated rings. The Morgan fingerprint density at radius 2 is 1.96 bits per heavy atom. The molecule has 1 aliphatic heterocycles. The predicted octanol–water partition coefficient (Wildman–Crippen LogP) is 1.47. The van der Waals surface area contributed by atoms with E-state index >= 15 is 0 Å². The van der Waals surface area contributed by atoms with Gasteiger partial charge in [0.05, 0.1) is 11.9 Å². The highest BCUT2D eigenvalue weighted by molar-refractivity contribution is 6.04. The summed E-state index contributed by atoms with van der Waals surface area (Å²) in [5.41, 5.74) is -0.0379.